The Labute approximate surface area is 168 Å². The van der Waals surface area contributed by atoms with Crippen LogP contribution in [0.15, 0.2) is 30.5 Å². The number of likely N-dealkylation sites (tertiary alicyclic amines) is 1. The van der Waals surface area contributed by atoms with Crippen molar-refractivity contribution in [1.82, 2.24) is 35.2 Å². The zero-order valence-electron chi connectivity index (χ0n) is 16.5. The molecule has 3 heterocycles. The summed E-state index contributed by atoms with van der Waals surface area (Å²) < 4.78 is 6.87. The van der Waals surface area contributed by atoms with Crippen LogP contribution in [0.1, 0.15) is 12.8 Å². The minimum Gasteiger partial charge on any atom is -0.497 e. The highest BCUT2D eigenvalue weighted by Crippen LogP contribution is 2.19. The fraction of sp³-hybridized carbons (Fsp3) is 0.421. The number of methoxy groups -OCH3 is 1. The first kappa shape index (κ1) is 19.1. The van der Waals surface area contributed by atoms with E-state index in [2.05, 4.69) is 30.9 Å². The number of rotatable bonds is 7. The maximum atomic E-state index is 12.2. The lowest BCUT2D eigenvalue weighted by Gasteiger charge is -2.17. The second-order valence-electron chi connectivity index (χ2n) is 6.92. The van der Waals surface area contributed by atoms with Gasteiger partial charge in [-0.25, -0.2) is 4.98 Å². The Morgan fingerprint density at radius 2 is 2.14 bits per heavy atom. The molecule has 1 aromatic carbocycles. The van der Waals surface area contributed by atoms with Crippen molar-refractivity contribution in [3.63, 3.8) is 0 Å². The number of carbonyl (C=O) groups excluding carboxylic acids is 1. The summed E-state index contributed by atoms with van der Waals surface area (Å²) in [6.45, 7) is 2.09. The zero-order chi connectivity index (χ0) is 20.2. The SMILES string of the molecule is CNCCC(=O)N1CCC(Nc2ncc3nnn(-c4ccc(OC)cc4)c3n2)C1. The molecule has 1 atom stereocenters. The van der Waals surface area contributed by atoms with Crippen LogP contribution in [-0.2, 0) is 4.79 Å². The van der Waals surface area contributed by atoms with Crippen LogP contribution in [0.5, 0.6) is 5.75 Å². The van der Waals surface area contributed by atoms with Gasteiger partial charge >= 0.3 is 0 Å². The van der Waals surface area contributed by atoms with Crippen molar-refractivity contribution in [3.8, 4) is 11.4 Å². The van der Waals surface area contributed by atoms with Crippen LogP contribution in [-0.4, -0.2) is 75.6 Å². The van der Waals surface area contributed by atoms with Crippen LogP contribution in [0.2, 0.25) is 0 Å². The second-order valence-corrected chi connectivity index (χ2v) is 6.92. The van der Waals surface area contributed by atoms with Crippen molar-refractivity contribution < 1.29 is 9.53 Å². The molecule has 2 N–H and O–H groups in total. The lowest BCUT2D eigenvalue weighted by atomic mass is 10.3. The normalized spacial score (nSPS) is 16.3. The first-order chi connectivity index (χ1) is 14.2. The summed E-state index contributed by atoms with van der Waals surface area (Å²) in [6.07, 6.45) is 3.03. The zero-order valence-corrected chi connectivity index (χ0v) is 16.5. The topological polar surface area (TPSA) is 110 Å². The molecule has 1 aliphatic heterocycles. The molecule has 1 fully saturated rings. The van der Waals surface area contributed by atoms with E-state index in [1.54, 1.807) is 18.0 Å². The number of hydrogen-bond acceptors (Lipinski definition) is 8. The Morgan fingerprint density at radius 1 is 1.31 bits per heavy atom. The Hall–Kier alpha value is -3.27. The Morgan fingerprint density at radius 3 is 2.90 bits per heavy atom. The van der Waals surface area contributed by atoms with Crippen LogP contribution < -0.4 is 15.4 Å². The number of aromatic nitrogens is 5. The molecule has 1 unspecified atom stereocenters. The van der Waals surface area contributed by atoms with Crippen LogP contribution in [0.4, 0.5) is 5.95 Å². The molecular formula is C19H24N8O2. The number of benzene rings is 1. The molecule has 0 radical (unpaired) electrons. The first-order valence-corrected chi connectivity index (χ1v) is 9.59. The van der Waals surface area contributed by atoms with E-state index in [0.717, 1.165) is 24.4 Å². The number of nitrogens with one attached hydrogen (secondary N) is 2. The van der Waals surface area contributed by atoms with Gasteiger partial charge in [0.25, 0.3) is 0 Å². The lowest BCUT2D eigenvalue weighted by Crippen LogP contribution is -2.33. The van der Waals surface area contributed by atoms with E-state index in [9.17, 15) is 4.79 Å². The standard InChI is InChI=1S/C19H24N8O2/c1-20-9-7-17(28)26-10-8-13(12-26)22-19-21-11-16-18(23-19)27(25-24-16)14-3-5-15(29-2)6-4-14/h3-6,11,13,20H,7-10,12H2,1-2H3,(H,21,22,23). The largest absolute Gasteiger partial charge is 0.497 e. The van der Waals surface area contributed by atoms with Gasteiger partial charge in [0.15, 0.2) is 11.2 Å². The summed E-state index contributed by atoms with van der Waals surface area (Å²) in [7, 11) is 3.48. The fourth-order valence-corrected chi connectivity index (χ4v) is 3.37. The number of nitrogens with zero attached hydrogens (tertiary/aromatic N) is 6. The monoisotopic (exact) mass is 396 g/mol. The van der Waals surface area contributed by atoms with Crippen molar-refractivity contribution in [2.75, 3.05) is 39.1 Å². The van der Waals surface area contributed by atoms with E-state index < -0.39 is 0 Å². The minimum absolute atomic E-state index is 0.122. The average molecular weight is 396 g/mol. The number of carbonyl (C=O) groups is 1. The van der Waals surface area contributed by atoms with Gasteiger partial charge in [-0.05, 0) is 37.7 Å². The predicted molar refractivity (Wildman–Crippen MR) is 108 cm³/mol. The maximum Gasteiger partial charge on any atom is 0.225 e. The number of ether oxygens (including phenoxy) is 1. The number of anilines is 1. The van der Waals surface area contributed by atoms with E-state index in [-0.39, 0.29) is 11.9 Å². The first-order valence-electron chi connectivity index (χ1n) is 9.59. The van der Waals surface area contributed by atoms with Crippen molar-refractivity contribution >= 4 is 23.0 Å². The molecule has 3 aromatic rings. The van der Waals surface area contributed by atoms with Gasteiger partial charge in [-0.15, -0.1) is 5.10 Å². The molecule has 10 heteroatoms. The van der Waals surface area contributed by atoms with E-state index in [1.807, 2.05) is 36.2 Å². The van der Waals surface area contributed by atoms with Gasteiger partial charge in [0.05, 0.1) is 19.0 Å². The predicted octanol–water partition coefficient (Wildman–Crippen LogP) is 0.841. The van der Waals surface area contributed by atoms with E-state index >= 15 is 0 Å². The van der Waals surface area contributed by atoms with Gasteiger partial charge in [0, 0.05) is 32.1 Å². The molecule has 0 aliphatic carbocycles. The third kappa shape index (κ3) is 4.11. The van der Waals surface area contributed by atoms with Gasteiger partial charge in [0.2, 0.25) is 11.9 Å². The van der Waals surface area contributed by atoms with Gasteiger partial charge in [-0.2, -0.15) is 9.67 Å². The van der Waals surface area contributed by atoms with Crippen LogP contribution in [0, 0.1) is 0 Å². The van der Waals surface area contributed by atoms with Gasteiger partial charge in [-0.3, -0.25) is 4.79 Å². The lowest BCUT2D eigenvalue weighted by molar-refractivity contribution is -0.130. The van der Waals surface area contributed by atoms with Gasteiger partial charge in [-0.1, -0.05) is 5.21 Å². The molecule has 1 aliphatic rings. The molecular weight excluding hydrogens is 372 g/mol. The molecule has 0 saturated carbocycles. The highest BCUT2D eigenvalue weighted by molar-refractivity contribution is 5.77. The van der Waals surface area contributed by atoms with Gasteiger partial charge in [0.1, 0.15) is 5.75 Å². The summed E-state index contributed by atoms with van der Waals surface area (Å²) >= 11 is 0. The third-order valence-electron chi connectivity index (χ3n) is 4.97. The summed E-state index contributed by atoms with van der Waals surface area (Å²) in [5.41, 5.74) is 2.06. The molecule has 29 heavy (non-hydrogen) atoms. The number of fused-ring (bicyclic) bond motifs is 1. The molecule has 0 bridgehead atoms. The summed E-state index contributed by atoms with van der Waals surface area (Å²) in [5, 5.41) is 14.7. The van der Waals surface area contributed by atoms with Crippen molar-refractivity contribution in [2.24, 2.45) is 0 Å². The van der Waals surface area contributed by atoms with Crippen molar-refractivity contribution in [1.29, 1.82) is 0 Å². The summed E-state index contributed by atoms with van der Waals surface area (Å²) in [6, 6.07) is 7.64. The van der Waals surface area contributed by atoms with Crippen LogP contribution in [0.25, 0.3) is 16.9 Å². The quantitative estimate of drug-likeness (QED) is 0.605. The molecule has 2 aromatic heterocycles. The summed E-state index contributed by atoms with van der Waals surface area (Å²) in [4.78, 5) is 23.0. The van der Waals surface area contributed by atoms with Crippen molar-refractivity contribution in [2.45, 2.75) is 18.9 Å². The van der Waals surface area contributed by atoms with E-state index in [4.69, 9.17) is 4.74 Å². The smallest absolute Gasteiger partial charge is 0.225 e. The van der Waals surface area contributed by atoms with E-state index in [0.29, 0.717) is 36.6 Å². The highest BCUT2D eigenvalue weighted by atomic mass is 16.5. The fourth-order valence-electron chi connectivity index (χ4n) is 3.37. The maximum absolute atomic E-state index is 12.2. The van der Waals surface area contributed by atoms with Crippen molar-refractivity contribution in [3.05, 3.63) is 30.5 Å². The molecule has 4 rings (SSSR count). The Kier molecular flexibility index (Phi) is 5.52. The molecule has 10 nitrogen and oxygen atoms in total. The molecule has 152 valence electrons. The van der Waals surface area contributed by atoms with Crippen LogP contribution >= 0.6 is 0 Å². The second kappa shape index (κ2) is 8.39. The highest BCUT2D eigenvalue weighted by Gasteiger charge is 2.26. The average Bonchev–Trinajstić information content (AvgIpc) is 3.39. The summed E-state index contributed by atoms with van der Waals surface area (Å²) in [5.74, 6) is 1.44. The van der Waals surface area contributed by atoms with Crippen LogP contribution in [0.3, 0.4) is 0 Å². The Bertz CT molecular complexity index is 988. The minimum atomic E-state index is 0.122. The number of hydrogen-bond donors (Lipinski definition) is 2. The third-order valence-corrected chi connectivity index (χ3v) is 4.97. The van der Waals surface area contributed by atoms with E-state index in [1.165, 1.54) is 0 Å². The number of amides is 1. The molecule has 0 spiro atoms. The van der Waals surface area contributed by atoms with Gasteiger partial charge < -0.3 is 20.3 Å². The molecule has 1 saturated heterocycles. The molecule has 1 amide bonds. The Balaban J connectivity index is 1.48.